The van der Waals surface area contributed by atoms with Crippen molar-refractivity contribution in [3.05, 3.63) is 200 Å². The van der Waals surface area contributed by atoms with E-state index in [0.29, 0.717) is 0 Å². The van der Waals surface area contributed by atoms with Gasteiger partial charge in [-0.1, -0.05) is 133 Å². The molecule has 9 aromatic carbocycles. The molecule has 0 unspecified atom stereocenters. The number of hydrogen-bond donors (Lipinski definition) is 0. The van der Waals surface area contributed by atoms with Crippen molar-refractivity contribution in [2.24, 2.45) is 0 Å². The Labute approximate surface area is 317 Å². The highest BCUT2D eigenvalue weighted by molar-refractivity contribution is 6.07. The molecule has 0 N–H and O–H groups in total. The number of fused-ring (bicyclic) bond motifs is 7. The summed E-state index contributed by atoms with van der Waals surface area (Å²) in [6.07, 6.45) is 0. The normalized spacial score (nSPS) is 11.6. The third-order valence-corrected chi connectivity index (χ3v) is 10.9. The summed E-state index contributed by atoms with van der Waals surface area (Å²) in [6, 6.07) is 71.1. The van der Waals surface area contributed by atoms with E-state index in [4.69, 9.17) is 8.83 Å². The molecule has 0 aliphatic heterocycles. The van der Waals surface area contributed by atoms with E-state index in [1.807, 2.05) is 24.3 Å². The van der Waals surface area contributed by atoms with Crippen LogP contribution in [-0.4, -0.2) is 0 Å². The average Bonchev–Trinajstić information content (AvgIpc) is 3.82. The molecule has 3 heteroatoms. The average molecular weight is 704 g/mol. The molecule has 2 aromatic heterocycles. The van der Waals surface area contributed by atoms with Gasteiger partial charge in [-0.05, 0) is 105 Å². The van der Waals surface area contributed by atoms with Gasteiger partial charge in [0, 0.05) is 38.5 Å². The molecule has 0 radical (unpaired) electrons. The highest BCUT2D eigenvalue weighted by Gasteiger charge is 2.19. The van der Waals surface area contributed by atoms with Crippen molar-refractivity contribution in [3.8, 4) is 33.4 Å². The second-order valence-electron chi connectivity index (χ2n) is 14.1. The topological polar surface area (TPSA) is 29.5 Å². The van der Waals surface area contributed by atoms with E-state index in [1.165, 1.54) is 21.9 Å². The fourth-order valence-electron chi connectivity index (χ4n) is 8.21. The molecule has 0 bridgehead atoms. The summed E-state index contributed by atoms with van der Waals surface area (Å²) in [4.78, 5) is 2.36. The van der Waals surface area contributed by atoms with E-state index in [2.05, 4.69) is 181 Å². The van der Waals surface area contributed by atoms with E-state index in [-0.39, 0.29) is 0 Å². The molecular weight excluding hydrogens is 671 g/mol. The zero-order valence-electron chi connectivity index (χ0n) is 29.8. The van der Waals surface area contributed by atoms with Crippen molar-refractivity contribution in [3.63, 3.8) is 0 Å². The van der Waals surface area contributed by atoms with Gasteiger partial charge in [0.15, 0.2) is 0 Å². The molecule has 55 heavy (non-hydrogen) atoms. The fraction of sp³-hybridized carbons (Fsp3) is 0. The van der Waals surface area contributed by atoms with Crippen LogP contribution < -0.4 is 4.90 Å². The van der Waals surface area contributed by atoms with Gasteiger partial charge in [0.2, 0.25) is 0 Å². The molecule has 0 amide bonds. The van der Waals surface area contributed by atoms with Crippen LogP contribution >= 0.6 is 0 Å². The Kier molecular flexibility index (Phi) is 7.17. The van der Waals surface area contributed by atoms with Crippen molar-refractivity contribution < 1.29 is 8.83 Å². The Morgan fingerprint density at radius 3 is 1.60 bits per heavy atom. The summed E-state index contributed by atoms with van der Waals surface area (Å²) in [6.45, 7) is 0. The molecule has 11 rings (SSSR count). The molecule has 0 fully saturated rings. The Morgan fingerprint density at radius 2 is 0.818 bits per heavy atom. The van der Waals surface area contributed by atoms with Crippen LogP contribution in [-0.2, 0) is 0 Å². The maximum atomic E-state index is 6.35. The van der Waals surface area contributed by atoms with Gasteiger partial charge >= 0.3 is 0 Å². The SMILES string of the molecule is c1ccc(N(c2ccc(-c3ccc4oc5ccccc5c4c3)cc2)c2ccc(-c3cccc4ccccc34)cc2)c(-c2ccc3c(c2)oc2ccccc23)c1. The van der Waals surface area contributed by atoms with Crippen molar-refractivity contribution in [2.45, 2.75) is 0 Å². The van der Waals surface area contributed by atoms with E-state index < -0.39 is 0 Å². The maximum absolute atomic E-state index is 6.35. The lowest BCUT2D eigenvalue weighted by atomic mass is 9.97. The Bertz CT molecular complexity index is 3200. The molecule has 0 aliphatic carbocycles. The van der Waals surface area contributed by atoms with Crippen LogP contribution in [0.15, 0.2) is 209 Å². The molecule has 3 nitrogen and oxygen atoms in total. The van der Waals surface area contributed by atoms with Gasteiger partial charge in [-0.2, -0.15) is 0 Å². The largest absolute Gasteiger partial charge is 0.456 e. The second-order valence-corrected chi connectivity index (χ2v) is 14.1. The molecule has 0 atom stereocenters. The Balaban J connectivity index is 1.04. The summed E-state index contributed by atoms with van der Waals surface area (Å²) < 4.78 is 12.5. The molecule has 258 valence electrons. The minimum atomic E-state index is 0.881. The van der Waals surface area contributed by atoms with Crippen molar-refractivity contribution in [1.29, 1.82) is 0 Å². The van der Waals surface area contributed by atoms with E-state index >= 15 is 0 Å². The quantitative estimate of drug-likeness (QED) is 0.173. The van der Waals surface area contributed by atoms with Gasteiger partial charge in [-0.3, -0.25) is 0 Å². The molecule has 0 saturated heterocycles. The van der Waals surface area contributed by atoms with Crippen molar-refractivity contribution in [1.82, 2.24) is 0 Å². The van der Waals surface area contributed by atoms with Crippen LogP contribution in [0.25, 0.3) is 88.0 Å². The Morgan fingerprint density at radius 1 is 0.291 bits per heavy atom. The van der Waals surface area contributed by atoms with Gasteiger partial charge in [0.25, 0.3) is 0 Å². The third kappa shape index (κ3) is 5.28. The molecule has 0 saturated carbocycles. The first kappa shape index (κ1) is 31.2. The standard InChI is InChI=1S/C52H33NO2/c1-2-12-41-35(10-1)11-9-16-42(41)36-22-28-40(29-23-36)53(39-26-20-34(21-27-39)37-25-31-51-47(32-37)45-15-5-8-19-50(45)54-51)48-17-6-3-13-43(48)38-24-30-46-44-14-4-7-18-49(44)55-52(46)33-38/h1-33H. The van der Waals surface area contributed by atoms with Crippen molar-refractivity contribution >= 4 is 71.7 Å². The summed E-state index contributed by atoms with van der Waals surface area (Å²) in [5.41, 5.74) is 13.7. The van der Waals surface area contributed by atoms with Crippen LogP contribution in [0.1, 0.15) is 0 Å². The molecular formula is C52H33NO2. The first-order chi connectivity index (χ1) is 27.2. The smallest absolute Gasteiger partial charge is 0.136 e. The minimum Gasteiger partial charge on any atom is -0.456 e. The lowest BCUT2D eigenvalue weighted by Gasteiger charge is -2.28. The monoisotopic (exact) mass is 703 g/mol. The maximum Gasteiger partial charge on any atom is 0.136 e. The van der Waals surface area contributed by atoms with Crippen LogP contribution in [0.5, 0.6) is 0 Å². The highest BCUT2D eigenvalue weighted by atomic mass is 16.3. The Hall–Kier alpha value is -7.36. The number of nitrogens with zero attached hydrogens (tertiary/aromatic N) is 1. The van der Waals surface area contributed by atoms with Crippen molar-refractivity contribution in [2.75, 3.05) is 4.90 Å². The summed E-state index contributed by atoms with van der Waals surface area (Å²) >= 11 is 0. The lowest BCUT2D eigenvalue weighted by molar-refractivity contribution is 0.668. The summed E-state index contributed by atoms with van der Waals surface area (Å²) in [5.74, 6) is 0. The molecule has 2 heterocycles. The van der Waals surface area contributed by atoms with Gasteiger partial charge in [-0.15, -0.1) is 0 Å². The van der Waals surface area contributed by atoms with E-state index in [0.717, 1.165) is 83.2 Å². The van der Waals surface area contributed by atoms with Crippen LogP contribution in [0, 0.1) is 0 Å². The third-order valence-electron chi connectivity index (χ3n) is 10.9. The predicted molar refractivity (Wildman–Crippen MR) is 229 cm³/mol. The minimum absolute atomic E-state index is 0.881. The molecule has 11 aromatic rings. The summed E-state index contributed by atoms with van der Waals surface area (Å²) in [5, 5.41) is 6.99. The molecule has 0 aliphatic rings. The van der Waals surface area contributed by atoms with Gasteiger partial charge in [0.1, 0.15) is 22.3 Å². The number of rotatable bonds is 6. The van der Waals surface area contributed by atoms with E-state index in [1.54, 1.807) is 0 Å². The van der Waals surface area contributed by atoms with E-state index in [9.17, 15) is 0 Å². The van der Waals surface area contributed by atoms with Gasteiger partial charge in [-0.25, -0.2) is 0 Å². The predicted octanol–water partition coefficient (Wildman–Crippen LogP) is 15.1. The summed E-state index contributed by atoms with van der Waals surface area (Å²) in [7, 11) is 0. The first-order valence-electron chi connectivity index (χ1n) is 18.7. The number of para-hydroxylation sites is 3. The van der Waals surface area contributed by atoms with Gasteiger partial charge < -0.3 is 13.7 Å². The van der Waals surface area contributed by atoms with Crippen LogP contribution in [0.3, 0.4) is 0 Å². The highest BCUT2D eigenvalue weighted by Crippen LogP contribution is 2.43. The zero-order valence-corrected chi connectivity index (χ0v) is 29.8. The number of benzene rings is 9. The first-order valence-corrected chi connectivity index (χ1v) is 18.7. The van der Waals surface area contributed by atoms with Crippen LogP contribution in [0.4, 0.5) is 17.1 Å². The number of anilines is 3. The van der Waals surface area contributed by atoms with Crippen LogP contribution in [0.2, 0.25) is 0 Å². The fourth-order valence-corrected chi connectivity index (χ4v) is 8.21. The second kappa shape index (κ2) is 12.6. The zero-order chi connectivity index (χ0) is 36.3. The number of furan rings is 2. The molecule has 0 spiro atoms. The number of hydrogen-bond acceptors (Lipinski definition) is 3. The lowest BCUT2D eigenvalue weighted by Crippen LogP contribution is -2.11. The van der Waals surface area contributed by atoms with Gasteiger partial charge in [0.05, 0.1) is 5.69 Å².